The summed E-state index contributed by atoms with van der Waals surface area (Å²) >= 11 is 1.22. The highest BCUT2D eigenvalue weighted by Gasteiger charge is 2.31. The zero-order valence-corrected chi connectivity index (χ0v) is 9.18. The molecule has 0 bridgehead atoms. The maximum absolute atomic E-state index is 12.4. The maximum Gasteiger partial charge on any atom is 0.416 e. The second-order valence-electron chi connectivity index (χ2n) is 3.28. The second-order valence-corrected chi connectivity index (χ2v) is 4.00. The summed E-state index contributed by atoms with van der Waals surface area (Å²) in [5.74, 6) is -0.502. The van der Waals surface area contributed by atoms with E-state index in [0.29, 0.717) is 0 Å². The van der Waals surface area contributed by atoms with Crippen molar-refractivity contribution in [3.8, 4) is 0 Å². The second kappa shape index (κ2) is 4.29. The Balaban J connectivity index is 2.38. The molecule has 0 fully saturated rings. The molecule has 0 N–H and O–H groups in total. The van der Waals surface area contributed by atoms with E-state index < -0.39 is 17.5 Å². The Labute approximate surface area is 98.7 Å². The number of hydrogen-bond acceptors (Lipinski definition) is 3. The number of alkyl halides is 3. The fraction of sp³-hybridized carbons (Fsp3) is 0.0909. The number of halogens is 3. The van der Waals surface area contributed by atoms with Crippen LogP contribution >= 0.6 is 11.3 Å². The Hall–Kier alpha value is -1.69. The van der Waals surface area contributed by atoms with Crippen molar-refractivity contribution >= 4 is 17.1 Å². The summed E-state index contributed by atoms with van der Waals surface area (Å²) in [6.07, 6.45) is -4.45. The van der Waals surface area contributed by atoms with Gasteiger partial charge in [0.25, 0.3) is 0 Å². The Morgan fingerprint density at radius 2 is 2.06 bits per heavy atom. The van der Waals surface area contributed by atoms with Gasteiger partial charge in [-0.2, -0.15) is 13.2 Å². The van der Waals surface area contributed by atoms with E-state index in [1.54, 1.807) is 0 Å². The molecule has 0 aliphatic heterocycles. The smallest absolute Gasteiger partial charge is 0.287 e. The fourth-order valence-electron chi connectivity index (χ4n) is 1.31. The van der Waals surface area contributed by atoms with Gasteiger partial charge in [-0.05, 0) is 12.1 Å². The highest BCUT2D eigenvalue weighted by molar-refractivity contribution is 7.07. The summed E-state index contributed by atoms with van der Waals surface area (Å²) in [4.78, 5) is 15.5. The van der Waals surface area contributed by atoms with Crippen LogP contribution in [0.2, 0.25) is 0 Å². The number of rotatable bonds is 2. The van der Waals surface area contributed by atoms with Crippen LogP contribution in [0.4, 0.5) is 13.2 Å². The molecule has 0 aliphatic rings. The lowest BCUT2D eigenvalue weighted by Gasteiger charge is -2.07. The Morgan fingerprint density at radius 3 is 2.65 bits per heavy atom. The number of hydrogen-bond donors (Lipinski definition) is 0. The van der Waals surface area contributed by atoms with Crippen LogP contribution in [0.1, 0.15) is 21.6 Å². The highest BCUT2D eigenvalue weighted by atomic mass is 32.1. The number of carbonyl (C=O) groups excluding carboxylic acids is 1. The molecule has 0 saturated heterocycles. The van der Waals surface area contributed by atoms with Crippen LogP contribution in [0.3, 0.4) is 0 Å². The van der Waals surface area contributed by atoms with E-state index in [2.05, 4.69) is 4.98 Å². The summed E-state index contributed by atoms with van der Waals surface area (Å²) < 4.78 is 37.3. The molecule has 2 rings (SSSR count). The standard InChI is InChI=1S/C11H6F3NOS/c12-11(13,14)8-3-1-2-7(4-8)10(16)9-5-17-6-15-9/h1-6H. The lowest BCUT2D eigenvalue weighted by molar-refractivity contribution is -0.137. The van der Waals surface area contributed by atoms with Crippen molar-refractivity contribution in [2.75, 3.05) is 0 Å². The van der Waals surface area contributed by atoms with Gasteiger partial charge < -0.3 is 0 Å². The summed E-state index contributed by atoms with van der Waals surface area (Å²) in [7, 11) is 0. The molecule has 6 heteroatoms. The molecule has 17 heavy (non-hydrogen) atoms. The SMILES string of the molecule is O=C(c1cccc(C(F)(F)F)c1)c1cscn1. The fourth-order valence-corrected chi connectivity index (χ4v) is 1.84. The first-order valence-electron chi connectivity index (χ1n) is 4.58. The Morgan fingerprint density at radius 1 is 1.29 bits per heavy atom. The van der Waals surface area contributed by atoms with Gasteiger partial charge in [-0.1, -0.05) is 12.1 Å². The lowest BCUT2D eigenvalue weighted by atomic mass is 10.1. The van der Waals surface area contributed by atoms with E-state index in [-0.39, 0.29) is 11.3 Å². The molecule has 1 heterocycles. The maximum atomic E-state index is 12.4. The zero-order chi connectivity index (χ0) is 12.5. The van der Waals surface area contributed by atoms with Crippen molar-refractivity contribution in [1.82, 2.24) is 4.98 Å². The lowest BCUT2D eigenvalue weighted by Crippen LogP contribution is -2.08. The molecule has 0 unspecified atom stereocenters. The molecule has 1 aromatic carbocycles. The molecule has 0 atom stereocenters. The zero-order valence-electron chi connectivity index (χ0n) is 8.36. The van der Waals surface area contributed by atoms with Gasteiger partial charge >= 0.3 is 6.18 Å². The van der Waals surface area contributed by atoms with Crippen LogP contribution in [-0.2, 0) is 6.18 Å². The Bertz CT molecular complexity index is 534. The molecule has 0 spiro atoms. The van der Waals surface area contributed by atoms with E-state index in [1.807, 2.05) is 0 Å². The minimum absolute atomic E-state index is 0.00859. The number of benzene rings is 1. The summed E-state index contributed by atoms with van der Waals surface area (Å²) in [6.45, 7) is 0. The first kappa shape index (κ1) is 11.8. The number of carbonyl (C=O) groups is 1. The van der Waals surface area contributed by atoms with Gasteiger partial charge in [0.1, 0.15) is 5.69 Å². The van der Waals surface area contributed by atoms with Crippen LogP contribution in [0, 0.1) is 0 Å². The van der Waals surface area contributed by atoms with E-state index in [9.17, 15) is 18.0 Å². The van der Waals surface area contributed by atoms with Crippen molar-refractivity contribution in [2.24, 2.45) is 0 Å². The van der Waals surface area contributed by atoms with Crippen LogP contribution in [0.15, 0.2) is 35.2 Å². The monoisotopic (exact) mass is 257 g/mol. The third kappa shape index (κ3) is 2.52. The molecule has 0 aliphatic carbocycles. The van der Waals surface area contributed by atoms with Crippen LogP contribution in [0.25, 0.3) is 0 Å². The van der Waals surface area contributed by atoms with Crippen molar-refractivity contribution in [3.63, 3.8) is 0 Å². The van der Waals surface area contributed by atoms with Gasteiger partial charge in [-0.15, -0.1) is 11.3 Å². The minimum atomic E-state index is -4.45. The van der Waals surface area contributed by atoms with Gasteiger partial charge in [-0.25, -0.2) is 4.98 Å². The van der Waals surface area contributed by atoms with Gasteiger partial charge in [0, 0.05) is 10.9 Å². The molecule has 0 radical (unpaired) electrons. The van der Waals surface area contributed by atoms with Gasteiger partial charge in [-0.3, -0.25) is 4.79 Å². The van der Waals surface area contributed by atoms with Crippen molar-refractivity contribution in [1.29, 1.82) is 0 Å². The van der Waals surface area contributed by atoms with Crippen molar-refractivity contribution in [3.05, 3.63) is 52.0 Å². The summed E-state index contributed by atoms with van der Waals surface area (Å²) in [5.41, 5.74) is 0.777. The largest absolute Gasteiger partial charge is 0.416 e. The molecule has 2 aromatic rings. The first-order valence-corrected chi connectivity index (χ1v) is 5.53. The number of thiazole rings is 1. The van der Waals surface area contributed by atoms with Crippen LogP contribution in [0.5, 0.6) is 0 Å². The van der Waals surface area contributed by atoms with Crippen molar-refractivity contribution < 1.29 is 18.0 Å². The van der Waals surface area contributed by atoms with Gasteiger partial charge in [0.15, 0.2) is 0 Å². The topological polar surface area (TPSA) is 30.0 Å². The van der Waals surface area contributed by atoms with Gasteiger partial charge in [0.2, 0.25) is 5.78 Å². The first-order chi connectivity index (χ1) is 7.98. The predicted octanol–water partition coefficient (Wildman–Crippen LogP) is 3.39. The summed E-state index contributed by atoms with van der Waals surface area (Å²) in [6, 6.07) is 4.32. The average Bonchev–Trinajstić information content (AvgIpc) is 2.80. The number of ketones is 1. The van der Waals surface area contributed by atoms with Crippen molar-refractivity contribution in [2.45, 2.75) is 6.18 Å². The van der Waals surface area contributed by atoms with Crippen LogP contribution < -0.4 is 0 Å². The summed E-state index contributed by atoms with van der Waals surface area (Å²) in [5, 5.41) is 1.50. The van der Waals surface area contributed by atoms with E-state index >= 15 is 0 Å². The normalized spacial score (nSPS) is 11.5. The highest BCUT2D eigenvalue weighted by Crippen LogP contribution is 2.29. The quantitative estimate of drug-likeness (QED) is 0.772. The third-order valence-corrected chi connectivity index (χ3v) is 2.70. The van der Waals surface area contributed by atoms with E-state index in [4.69, 9.17) is 0 Å². The molecular weight excluding hydrogens is 251 g/mol. The number of aromatic nitrogens is 1. The molecule has 0 amide bonds. The molecular formula is C11H6F3NOS. The number of nitrogens with zero attached hydrogens (tertiary/aromatic N) is 1. The molecule has 88 valence electrons. The third-order valence-electron chi connectivity index (χ3n) is 2.12. The average molecular weight is 257 g/mol. The Kier molecular flexibility index (Phi) is 2.97. The molecule has 1 aromatic heterocycles. The van der Waals surface area contributed by atoms with E-state index in [1.165, 1.54) is 34.4 Å². The molecule has 2 nitrogen and oxygen atoms in total. The van der Waals surface area contributed by atoms with Crippen LogP contribution in [-0.4, -0.2) is 10.8 Å². The predicted molar refractivity (Wildman–Crippen MR) is 57.0 cm³/mol. The van der Waals surface area contributed by atoms with E-state index in [0.717, 1.165) is 12.1 Å². The van der Waals surface area contributed by atoms with Gasteiger partial charge in [0.05, 0.1) is 11.1 Å². The molecule has 0 saturated carbocycles. The minimum Gasteiger partial charge on any atom is -0.287 e.